The molecule has 2 atom stereocenters. The van der Waals surface area contributed by atoms with Crippen molar-refractivity contribution >= 4 is 0 Å². The number of imidazole rings is 1. The van der Waals surface area contributed by atoms with Gasteiger partial charge in [-0.2, -0.15) is 4.39 Å². The predicted molar refractivity (Wildman–Crippen MR) is 89.0 cm³/mol. The SMILES string of the molecule is Cc1cccc(-c2nc3n(c2-c2ccnc(F)c2)C2CCC3C2)n1. The predicted octanol–water partition coefficient (Wildman–Crippen LogP) is 4.28. The highest BCUT2D eigenvalue weighted by atomic mass is 19.1. The number of aryl methyl sites for hydroxylation is 1. The van der Waals surface area contributed by atoms with Gasteiger partial charge >= 0.3 is 0 Å². The van der Waals surface area contributed by atoms with E-state index >= 15 is 0 Å². The Balaban J connectivity index is 1.79. The summed E-state index contributed by atoms with van der Waals surface area (Å²) in [5, 5.41) is 0. The quantitative estimate of drug-likeness (QED) is 0.662. The van der Waals surface area contributed by atoms with E-state index in [1.54, 1.807) is 0 Å². The molecule has 2 unspecified atom stereocenters. The minimum atomic E-state index is -0.464. The standard InChI is InChI=1S/C19H17FN4/c1-11-3-2-4-15(22-11)17-18(12-7-8-21-16(20)10-12)24-14-6-5-13(9-14)19(24)23-17/h2-4,7-8,10,13-14H,5-6,9H2,1H3. The van der Waals surface area contributed by atoms with E-state index in [4.69, 9.17) is 4.98 Å². The minimum absolute atomic E-state index is 0.464. The second-order valence-electron chi connectivity index (χ2n) is 6.73. The van der Waals surface area contributed by atoms with Crippen LogP contribution in [0.2, 0.25) is 0 Å². The van der Waals surface area contributed by atoms with Gasteiger partial charge in [0.1, 0.15) is 11.5 Å². The molecule has 3 aromatic heterocycles. The van der Waals surface area contributed by atoms with Crippen molar-refractivity contribution in [3.05, 3.63) is 54.0 Å². The zero-order chi connectivity index (χ0) is 16.3. The van der Waals surface area contributed by atoms with Crippen molar-refractivity contribution in [2.45, 2.75) is 38.1 Å². The van der Waals surface area contributed by atoms with Crippen LogP contribution in [-0.4, -0.2) is 19.5 Å². The average molecular weight is 320 g/mol. The Bertz CT molecular complexity index is 946. The molecule has 4 nitrogen and oxygen atoms in total. The second kappa shape index (κ2) is 4.97. The average Bonchev–Trinajstić information content (AvgIpc) is 3.26. The highest BCUT2D eigenvalue weighted by molar-refractivity contribution is 5.78. The first-order valence-electron chi connectivity index (χ1n) is 8.39. The fraction of sp³-hybridized carbons (Fsp3) is 0.316. The highest BCUT2D eigenvalue weighted by Crippen LogP contribution is 2.52. The summed E-state index contributed by atoms with van der Waals surface area (Å²) in [5.41, 5.74) is 4.47. The van der Waals surface area contributed by atoms with Crippen LogP contribution in [0.5, 0.6) is 0 Å². The van der Waals surface area contributed by atoms with Crippen LogP contribution >= 0.6 is 0 Å². The van der Waals surface area contributed by atoms with E-state index in [1.807, 2.05) is 31.2 Å². The third-order valence-electron chi connectivity index (χ3n) is 5.20. The largest absolute Gasteiger partial charge is 0.324 e. The van der Waals surface area contributed by atoms with Crippen LogP contribution in [0.4, 0.5) is 4.39 Å². The van der Waals surface area contributed by atoms with Crippen molar-refractivity contribution in [2.75, 3.05) is 0 Å². The van der Waals surface area contributed by atoms with Crippen LogP contribution in [-0.2, 0) is 0 Å². The summed E-state index contributed by atoms with van der Waals surface area (Å²) in [7, 11) is 0. The zero-order valence-electron chi connectivity index (χ0n) is 13.4. The lowest BCUT2D eigenvalue weighted by Crippen LogP contribution is -2.08. The molecule has 0 saturated heterocycles. The normalized spacial score (nSPS) is 21.2. The van der Waals surface area contributed by atoms with Crippen LogP contribution in [0.15, 0.2) is 36.5 Å². The molecule has 3 aromatic rings. The highest BCUT2D eigenvalue weighted by Gasteiger charge is 2.41. The lowest BCUT2D eigenvalue weighted by atomic mass is 10.1. The van der Waals surface area contributed by atoms with Gasteiger partial charge in [0.2, 0.25) is 5.95 Å². The van der Waals surface area contributed by atoms with Crippen LogP contribution in [0.25, 0.3) is 22.6 Å². The Morgan fingerprint density at radius 3 is 2.92 bits per heavy atom. The molecule has 2 bridgehead atoms. The summed E-state index contributed by atoms with van der Waals surface area (Å²) in [5.74, 6) is 1.20. The summed E-state index contributed by atoms with van der Waals surface area (Å²) in [4.78, 5) is 13.3. The van der Waals surface area contributed by atoms with Crippen molar-refractivity contribution in [1.29, 1.82) is 0 Å². The monoisotopic (exact) mass is 320 g/mol. The maximum absolute atomic E-state index is 13.7. The molecule has 1 saturated carbocycles. The molecule has 2 aliphatic rings. The maximum Gasteiger partial charge on any atom is 0.213 e. The Morgan fingerprint density at radius 1 is 1.17 bits per heavy atom. The molecule has 0 radical (unpaired) electrons. The van der Waals surface area contributed by atoms with E-state index in [1.165, 1.54) is 25.1 Å². The van der Waals surface area contributed by atoms with Crippen LogP contribution in [0, 0.1) is 12.9 Å². The van der Waals surface area contributed by atoms with Gasteiger partial charge in [-0.05, 0) is 44.4 Å². The van der Waals surface area contributed by atoms with Crippen molar-refractivity contribution in [1.82, 2.24) is 19.5 Å². The van der Waals surface area contributed by atoms with Gasteiger partial charge in [-0.3, -0.25) is 4.98 Å². The molecule has 1 aliphatic heterocycles. The Labute approximate surface area is 139 Å². The molecule has 0 aromatic carbocycles. The second-order valence-corrected chi connectivity index (χ2v) is 6.73. The minimum Gasteiger partial charge on any atom is -0.324 e. The lowest BCUT2D eigenvalue weighted by molar-refractivity contribution is 0.529. The smallest absolute Gasteiger partial charge is 0.213 e. The summed E-state index contributed by atoms with van der Waals surface area (Å²) >= 11 is 0. The third-order valence-corrected chi connectivity index (χ3v) is 5.20. The topological polar surface area (TPSA) is 43.6 Å². The van der Waals surface area contributed by atoms with Gasteiger partial charge in [-0.1, -0.05) is 6.07 Å². The molecule has 24 heavy (non-hydrogen) atoms. The van der Waals surface area contributed by atoms with Crippen molar-refractivity contribution in [3.8, 4) is 22.6 Å². The lowest BCUT2D eigenvalue weighted by Gasteiger charge is -2.17. The fourth-order valence-electron chi connectivity index (χ4n) is 4.21. The third kappa shape index (κ3) is 1.94. The number of hydrogen-bond acceptors (Lipinski definition) is 3. The van der Waals surface area contributed by atoms with E-state index < -0.39 is 5.95 Å². The summed E-state index contributed by atoms with van der Waals surface area (Å²) in [6, 6.07) is 9.78. The van der Waals surface area contributed by atoms with Crippen LogP contribution < -0.4 is 0 Å². The van der Waals surface area contributed by atoms with E-state index in [-0.39, 0.29) is 0 Å². The Morgan fingerprint density at radius 2 is 2.08 bits per heavy atom. The van der Waals surface area contributed by atoms with Gasteiger partial charge < -0.3 is 4.57 Å². The van der Waals surface area contributed by atoms with E-state index in [9.17, 15) is 4.39 Å². The molecule has 1 fully saturated rings. The van der Waals surface area contributed by atoms with Gasteiger partial charge in [-0.25, -0.2) is 9.97 Å². The maximum atomic E-state index is 13.7. The number of aromatic nitrogens is 4. The van der Waals surface area contributed by atoms with Gasteiger partial charge in [0.05, 0.1) is 11.4 Å². The first-order valence-corrected chi connectivity index (χ1v) is 8.39. The molecular weight excluding hydrogens is 303 g/mol. The molecular formula is C19H17FN4. The fourth-order valence-corrected chi connectivity index (χ4v) is 4.21. The van der Waals surface area contributed by atoms with Crippen molar-refractivity contribution in [3.63, 3.8) is 0 Å². The van der Waals surface area contributed by atoms with Gasteiger partial charge in [0, 0.05) is 35.5 Å². The molecule has 120 valence electrons. The number of pyridine rings is 2. The summed E-state index contributed by atoms with van der Waals surface area (Å²) < 4.78 is 16.1. The van der Waals surface area contributed by atoms with Crippen LogP contribution in [0.1, 0.15) is 42.7 Å². The molecule has 4 heterocycles. The first kappa shape index (κ1) is 13.8. The van der Waals surface area contributed by atoms with E-state index in [2.05, 4.69) is 14.5 Å². The molecule has 0 N–H and O–H groups in total. The Kier molecular flexibility index (Phi) is 2.86. The summed E-state index contributed by atoms with van der Waals surface area (Å²) in [6.45, 7) is 1.97. The van der Waals surface area contributed by atoms with Gasteiger partial charge in [0.25, 0.3) is 0 Å². The van der Waals surface area contributed by atoms with E-state index in [0.29, 0.717) is 12.0 Å². The molecule has 5 heteroatoms. The van der Waals surface area contributed by atoms with E-state index in [0.717, 1.165) is 40.6 Å². The van der Waals surface area contributed by atoms with Crippen molar-refractivity contribution < 1.29 is 4.39 Å². The number of halogens is 1. The molecule has 0 amide bonds. The molecule has 5 rings (SSSR count). The number of nitrogens with zero attached hydrogens (tertiary/aromatic N) is 4. The Hall–Kier alpha value is -2.56. The van der Waals surface area contributed by atoms with Gasteiger partial charge in [-0.15, -0.1) is 0 Å². The number of rotatable bonds is 2. The van der Waals surface area contributed by atoms with Gasteiger partial charge in [0.15, 0.2) is 0 Å². The summed E-state index contributed by atoms with van der Waals surface area (Å²) in [6.07, 6.45) is 5.05. The first-order chi connectivity index (χ1) is 11.7. The molecule has 1 aliphatic carbocycles. The zero-order valence-corrected chi connectivity index (χ0v) is 13.4. The number of fused-ring (bicyclic) bond motifs is 5. The van der Waals surface area contributed by atoms with Crippen LogP contribution in [0.3, 0.4) is 0 Å². The molecule has 0 spiro atoms. The van der Waals surface area contributed by atoms with Crippen molar-refractivity contribution in [2.24, 2.45) is 0 Å². The number of hydrogen-bond donors (Lipinski definition) is 0.